The summed E-state index contributed by atoms with van der Waals surface area (Å²) in [5.74, 6) is -1.25. The van der Waals surface area contributed by atoms with E-state index >= 15 is 0 Å². The minimum atomic E-state index is -0.624. The van der Waals surface area contributed by atoms with Crippen molar-refractivity contribution in [2.45, 2.75) is 6.92 Å². The molecule has 0 saturated carbocycles. The number of allylic oxidation sites excluding steroid dienone is 5. The second-order valence-electron chi connectivity index (χ2n) is 4.07. The minimum absolute atomic E-state index is 0.0989. The van der Waals surface area contributed by atoms with Gasteiger partial charge in [0.15, 0.2) is 0 Å². The average molecular weight is 272 g/mol. The van der Waals surface area contributed by atoms with Gasteiger partial charge in [-0.2, -0.15) is 0 Å². The number of halogens is 2. The molecule has 20 heavy (non-hydrogen) atoms. The predicted octanol–water partition coefficient (Wildman–Crippen LogP) is 4.43. The van der Waals surface area contributed by atoms with Crippen molar-refractivity contribution in [2.75, 3.05) is 0 Å². The highest BCUT2D eigenvalue weighted by atomic mass is 19.1. The topological polar surface area (TPSA) is 17.8 Å². The molecule has 4 heteroatoms. The van der Waals surface area contributed by atoms with Gasteiger partial charge in [0.2, 0.25) is 0 Å². The Bertz CT molecular complexity index is 661. The first-order valence-electron chi connectivity index (χ1n) is 6.11. The van der Waals surface area contributed by atoms with Crippen molar-refractivity contribution in [3.63, 3.8) is 0 Å². The molecule has 0 atom stereocenters. The van der Waals surface area contributed by atoms with E-state index < -0.39 is 11.6 Å². The van der Waals surface area contributed by atoms with Gasteiger partial charge in [0.1, 0.15) is 11.6 Å². The predicted molar refractivity (Wildman–Crippen MR) is 76.9 cm³/mol. The van der Waals surface area contributed by atoms with Crippen LogP contribution in [-0.4, -0.2) is 9.55 Å². The summed E-state index contributed by atoms with van der Waals surface area (Å²) in [7, 11) is 0. The van der Waals surface area contributed by atoms with Crippen LogP contribution in [0, 0.1) is 11.6 Å². The summed E-state index contributed by atoms with van der Waals surface area (Å²) < 4.78 is 29.3. The molecule has 0 saturated heterocycles. The van der Waals surface area contributed by atoms with Gasteiger partial charge in [-0.15, -0.1) is 0 Å². The largest absolute Gasteiger partial charge is 0.299 e. The number of aromatic nitrogens is 2. The molecule has 102 valence electrons. The molecular weight excluding hydrogens is 258 g/mol. The third-order valence-corrected chi connectivity index (χ3v) is 2.80. The summed E-state index contributed by atoms with van der Waals surface area (Å²) in [4.78, 5) is 3.97. The second-order valence-corrected chi connectivity index (χ2v) is 4.07. The number of hydrogen-bond donors (Lipinski definition) is 0. The summed E-state index contributed by atoms with van der Waals surface area (Å²) in [5.41, 5.74) is 0.924. The van der Waals surface area contributed by atoms with Crippen LogP contribution in [0.1, 0.15) is 6.92 Å². The van der Waals surface area contributed by atoms with E-state index in [1.54, 1.807) is 16.7 Å². The first-order valence-corrected chi connectivity index (χ1v) is 6.11. The van der Waals surface area contributed by atoms with Crippen LogP contribution in [0.5, 0.6) is 0 Å². The van der Waals surface area contributed by atoms with Gasteiger partial charge < -0.3 is 0 Å². The molecule has 0 aliphatic heterocycles. The van der Waals surface area contributed by atoms with Gasteiger partial charge in [-0.25, -0.2) is 13.8 Å². The second kappa shape index (κ2) is 6.10. The minimum Gasteiger partial charge on any atom is -0.299 e. The zero-order valence-corrected chi connectivity index (χ0v) is 11.1. The fourth-order valence-electron chi connectivity index (χ4n) is 1.87. The lowest BCUT2D eigenvalue weighted by molar-refractivity contribution is 0.588. The van der Waals surface area contributed by atoms with Crippen molar-refractivity contribution in [3.8, 4) is 11.3 Å². The van der Waals surface area contributed by atoms with Gasteiger partial charge in [0.25, 0.3) is 0 Å². The van der Waals surface area contributed by atoms with E-state index in [4.69, 9.17) is 0 Å². The summed E-state index contributed by atoms with van der Waals surface area (Å²) >= 11 is 0. The summed E-state index contributed by atoms with van der Waals surface area (Å²) in [6.07, 6.45) is 9.98. The van der Waals surface area contributed by atoms with Crippen molar-refractivity contribution in [1.29, 1.82) is 0 Å². The molecule has 0 bridgehead atoms. The van der Waals surface area contributed by atoms with Gasteiger partial charge >= 0.3 is 0 Å². The zero-order valence-electron chi connectivity index (χ0n) is 11.1. The molecule has 0 fully saturated rings. The van der Waals surface area contributed by atoms with Crippen LogP contribution in [0.2, 0.25) is 0 Å². The van der Waals surface area contributed by atoms with E-state index in [0.717, 1.165) is 0 Å². The molecule has 0 N–H and O–H groups in total. The van der Waals surface area contributed by atoms with Gasteiger partial charge in [-0.1, -0.05) is 24.8 Å². The maximum absolute atomic E-state index is 13.9. The van der Waals surface area contributed by atoms with Crippen LogP contribution in [0.3, 0.4) is 0 Å². The molecule has 1 heterocycles. The Morgan fingerprint density at radius 2 is 2.00 bits per heavy atom. The van der Waals surface area contributed by atoms with E-state index in [1.165, 1.54) is 30.7 Å². The quantitative estimate of drug-likeness (QED) is 0.753. The van der Waals surface area contributed by atoms with Crippen LogP contribution >= 0.6 is 0 Å². The van der Waals surface area contributed by atoms with Crippen molar-refractivity contribution >= 4 is 5.70 Å². The van der Waals surface area contributed by atoms with E-state index in [9.17, 15) is 8.78 Å². The maximum Gasteiger partial charge on any atom is 0.135 e. The smallest absolute Gasteiger partial charge is 0.135 e. The molecule has 0 amide bonds. The van der Waals surface area contributed by atoms with Crippen molar-refractivity contribution in [1.82, 2.24) is 9.55 Å². The van der Waals surface area contributed by atoms with Gasteiger partial charge in [0.05, 0.1) is 23.8 Å². The highest BCUT2D eigenvalue weighted by Gasteiger charge is 2.15. The third kappa shape index (κ3) is 2.59. The zero-order chi connectivity index (χ0) is 14.5. The van der Waals surface area contributed by atoms with Crippen molar-refractivity contribution in [3.05, 3.63) is 73.2 Å². The highest BCUT2D eigenvalue weighted by Crippen LogP contribution is 2.27. The lowest BCUT2D eigenvalue weighted by atomic mass is 10.1. The normalized spacial score (nSPS) is 12.1. The fourth-order valence-corrected chi connectivity index (χ4v) is 1.87. The first kappa shape index (κ1) is 13.9. The number of hydrogen-bond acceptors (Lipinski definition) is 1. The van der Waals surface area contributed by atoms with E-state index in [0.29, 0.717) is 11.4 Å². The van der Waals surface area contributed by atoms with Gasteiger partial charge in [-0.05, 0) is 31.2 Å². The van der Waals surface area contributed by atoms with E-state index in [-0.39, 0.29) is 5.56 Å². The van der Waals surface area contributed by atoms with Crippen LogP contribution in [0.4, 0.5) is 8.78 Å². The lowest BCUT2D eigenvalue weighted by Crippen LogP contribution is -1.99. The Morgan fingerprint density at radius 1 is 1.30 bits per heavy atom. The Balaban J connectivity index is 2.61. The molecule has 0 unspecified atom stereocenters. The lowest BCUT2D eigenvalue weighted by Gasteiger charge is -2.10. The molecule has 2 rings (SSSR count). The van der Waals surface area contributed by atoms with E-state index in [2.05, 4.69) is 11.6 Å². The van der Waals surface area contributed by atoms with Crippen LogP contribution in [0.15, 0.2) is 61.6 Å². The number of rotatable bonds is 4. The van der Waals surface area contributed by atoms with Gasteiger partial charge in [-0.3, -0.25) is 4.57 Å². The monoisotopic (exact) mass is 272 g/mol. The Labute approximate surface area is 116 Å². The first-order chi connectivity index (χ1) is 9.69. The van der Waals surface area contributed by atoms with Crippen molar-refractivity contribution in [2.24, 2.45) is 0 Å². The number of nitrogens with zero attached hydrogens (tertiary/aromatic N) is 2. The summed E-state index contributed by atoms with van der Waals surface area (Å²) in [6, 6.07) is 3.77. The number of imidazole rings is 1. The third-order valence-electron chi connectivity index (χ3n) is 2.80. The molecule has 2 aromatic rings. The Hall–Kier alpha value is -2.49. The van der Waals surface area contributed by atoms with Crippen LogP contribution in [0.25, 0.3) is 17.0 Å². The molecule has 0 radical (unpaired) electrons. The fraction of sp³-hybridized carbons (Fsp3) is 0.0625. The molecule has 1 aromatic carbocycles. The molecular formula is C16H14F2N2. The molecule has 0 aliphatic carbocycles. The molecule has 2 nitrogen and oxygen atoms in total. The molecule has 1 aromatic heterocycles. The molecule has 0 spiro atoms. The van der Waals surface area contributed by atoms with Crippen molar-refractivity contribution < 1.29 is 8.78 Å². The van der Waals surface area contributed by atoms with Gasteiger partial charge in [0, 0.05) is 5.70 Å². The Kier molecular flexibility index (Phi) is 4.25. The summed E-state index contributed by atoms with van der Waals surface area (Å²) in [6.45, 7) is 5.59. The standard InChI is InChI=1S/C16H14F2N2/c1-3-5-7-12(4-2)20-11-19-10-15(20)16-13(17)8-6-9-14(16)18/h3-11H,2H2,1H3/b5-3-,12-7+. The average Bonchev–Trinajstić information content (AvgIpc) is 2.89. The summed E-state index contributed by atoms with van der Waals surface area (Å²) in [5, 5.41) is 0. The number of benzene rings is 1. The van der Waals surface area contributed by atoms with Crippen LogP contribution < -0.4 is 0 Å². The highest BCUT2D eigenvalue weighted by molar-refractivity contribution is 5.69. The maximum atomic E-state index is 13.9. The SMILES string of the molecule is C=C/C(=C\C=C/C)n1cncc1-c1c(F)cccc1F. The Morgan fingerprint density at radius 3 is 2.60 bits per heavy atom. The molecule has 0 aliphatic rings. The van der Waals surface area contributed by atoms with E-state index in [1.807, 2.05) is 19.1 Å². The van der Waals surface area contributed by atoms with Crippen LogP contribution in [-0.2, 0) is 0 Å².